The van der Waals surface area contributed by atoms with Gasteiger partial charge in [0.05, 0.1) is 0 Å². The van der Waals surface area contributed by atoms with Gasteiger partial charge in [-0.1, -0.05) is 60.7 Å². The molecule has 0 spiro atoms. The second-order valence-electron chi connectivity index (χ2n) is 4.70. The van der Waals surface area contributed by atoms with E-state index >= 15 is 0 Å². The Morgan fingerprint density at radius 2 is 1.55 bits per heavy atom. The van der Waals surface area contributed by atoms with Crippen molar-refractivity contribution in [3.63, 3.8) is 0 Å². The highest BCUT2D eigenvalue weighted by molar-refractivity contribution is 8.05. The lowest BCUT2D eigenvalue weighted by Crippen LogP contribution is -2.47. The lowest BCUT2D eigenvalue weighted by Gasteiger charge is -2.29. The second-order valence-corrected chi connectivity index (χ2v) is 8.25. The number of hydrogen-bond acceptors (Lipinski definition) is 4. The zero-order valence-corrected chi connectivity index (χ0v) is 13.0. The van der Waals surface area contributed by atoms with Gasteiger partial charge in [0.15, 0.2) is 0 Å². The first-order valence-electron chi connectivity index (χ1n) is 6.23. The fraction of sp³-hybridized carbons (Fsp3) is 0.143. The summed E-state index contributed by atoms with van der Waals surface area (Å²) in [4.78, 5) is 0. The molecule has 0 saturated carbocycles. The first kappa shape index (κ1) is 16.6. The topological polar surface area (TPSA) is 109 Å². The van der Waals surface area contributed by atoms with Gasteiger partial charge in [-0.15, -0.1) is 0 Å². The molecule has 2 rings (SSSR count). The van der Waals surface area contributed by atoms with Crippen molar-refractivity contribution in [1.29, 1.82) is 0 Å². The van der Waals surface area contributed by atoms with Crippen molar-refractivity contribution in [3.05, 3.63) is 65.8 Å². The van der Waals surface area contributed by atoms with Gasteiger partial charge in [0.2, 0.25) is 0 Å². The SMILES string of the molecule is O=S(=O)(O)C1(S(=O)(=O)O)CC=CC=C1C=Cc1ccccc1. The second kappa shape index (κ2) is 5.81. The average molecular weight is 342 g/mol. The highest BCUT2D eigenvalue weighted by Gasteiger charge is 2.56. The van der Waals surface area contributed by atoms with Gasteiger partial charge >= 0.3 is 0 Å². The normalized spacial score (nSPS) is 18.4. The predicted molar refractivity (Wildman–Crippen MR) is 83.1 cm³/mol. The van der Waals surface area contributed by atoms with Crippen LogP contribution in [0.3, 0.4) is 0 Å². The quantitative estimate of drug-likeness (QED) is 0.811. The molecule has 0 aromatic heterocycles. The highest BCUT2D eigenvalue weighted by Crippen LogP contribution is 2.38. The molecule has 6 nitrogen and oxygen atoms in total. The van der Waals surface area contributed by atoms with Gasteiger partial charge in [-0.25, -0.2) is 0 Å². The van der Waals surface area contributed by atoms with Gasteiger partial charge in [0.25, 0.3) is 24.3 Å². The minimum absolute atomic E-state index is 0.233. The van der Waals surface area contributed by atoms with Crippen molar-refractivity contribution in [3.8, 4) is 0 Å². The molecule has 118 valence electrons. The van der Waals surface area contributed by atoms with Crippen LogP contribution < -0.4 is 0 Å². The molecule has 0 bridgehead atoms. The Balaban J connectivity index is 2.58. The van der Waals surface area contributed by atoms with Crippen molar-refractivity contribution >= 4 is 26.3 Å². The van der Waals surface area contributed by atoms with Crippen LogP contribution in [0.25, 0.3) is 6.08 Å². The molecule has 1 aliphatic rings. The van der Waals surface area contributed by atoms with Gasteiger partial charge in [0.1, 0.15) is 0 Å². The summed E-state index contributed by atoms with van der Waals surface area (Å²) >= 11 is 0. The van der Waals surface area contributed by atoms with Crippen molar-refractivity contribution < 1.29 is 25.9 Å². The van der Waals surface area contributed by atoms with Crippen LogP contribution in [0.2, 0.25) is 0 Å². The Kier molecular flexibility index (Phi) is 4.39. The Labute approximate surface area is 129 Å². The van der Waals surface area contributed by atoms with Gasteiger partial charge in [-0.2, -0.15) is 16.8 Å². The Hall–Kier alpha value is -1.74. The maximum absolute atomic E-state index is 11.7. The molecule has 0 aliphatic heterocycles. The lowest BCUT2D eigenvalue weighted by molar-refractivity contribution is 0.434. The van der Waals surface area contributed by atoms with Crippen LogP contribution >= 0.6 is 0 Å². The summed E-state index contributed by atoms with van der Waals surface area (Å²) in [6.07, 6.45) is 6.11. The number of benzene rings is 1. The van der Waals surface area contributed by atoms with E-state index in [9.17, 15) is 25.9 Å². The molecule has 1 aromatic rings. The number of allylic oxidation sites excluding steroid dienone is 4. The molecule has 0 heterocycles. The maximum atomic E-state index is 11.7. The fourth-order valence-corrected chi connectivity index (χ4v) is 4.76. The van der Waals surface area contributed by atoms with Gasteiger partial charge < -0.3 is 0 Å². The largest absolute Gasteiger partial charge is 0.292 e. The monoisotopic (exact) mass is 342 g/mol. The van der Waals surface area contributed by atoms with Crippen molar-refractivity contribution in [2.24, 2.45) is 0 Å². The Bertz CT molecular complexity index is 814. The van der Waals surface area contributed by atoms with Gasteiger partial charge in [-0.05, 0) is 11.1 Å². The Morgan fingerprint density at radius 3 is 2.09 bits per heavy atom. The molecule has 0 atom stereocenters. The molecule has 0 fully saturated rings. The van der Waals surface area contributed by atoms with Gasteiger partial charge in [0, 0.05) is 6.42 Å². The molecule has 22 heavy (non-hydrogen) atoms. The van der Waals surface area contributed by atoms with Crippen LogP contribution in [-0.4, -0.2) is 30.0 Å². The maximum Gasteiger partial charge on any atom is 0.292 e. The van der Waals surface area contributed by atoms with Crippen molar-refractivity contribution in [2.75, 3.05) is 0 Å². The van der Waals surface area contributed by atoms with E-state index in [4.69, 9.17) is 0 Å². The number of rotatable bonds is 4. The van der Waals surface area contributed by atoms with Crippen LogP contribution in [0.15, 0.2) is 60.2 Å². The standard InChI is InChI=1S/C14H14O6S2/c15-21(16,17)14(22(18,19)20)11-5-4-8-13(14)10-9-12-6-2-1-3-7-12/h1-10H,11H2,(H,15,16,17)(H,18,19,20). The molecule has 0 radical (unpaired) electrons. The minimum Gasteiger partial charge on any atom is -0.284 e. The molecular weight excluding hydrogens is 328 g/mol. The lowest BCUT2D eigenvalue weighted by atomic mass is 10.0. The van der Waals surface area contributed by atoms with Crippen molar-refractivity contribution in [2.45, 2.75) is 10.5 Å². The van der Waals surface area contributed by atoms with E-state index in [1.165, 1.54) is 30.4 Å². The summed E-state index contributed by atoms with van der Waals surface area (Å²) < 4.78 is 62.8. The van der Waals surface area contributed by atoms with E-state index in [2.05, 4.69) is 0 Å². The average Bonchev–Trinajstić information content (AvgIpc) is 2.44. The van der Waals surface area contributed by atoms with E-state index in [1.807, 2.05) is 0 Å². The Morgan fingerprint density at radius 1 is 0.955 bits per heavy atom. The van der Waals surface area contributed by atoms with Crippen LogP contribution in [-0.2, 0) is 20.2 Å². The number of hydrogen-bond donors (Lipinski definition) is 2. The van der Waals surface area contributed by atoms with E-state index in [-0.39, 0.29) is 5.57 Å². The van der Waals surface area contributed by atoms with Gasteiger partial charge in [-0.3, -0.25) is 9.11 Å². The fourth-order valence-electron chi connectivity index (χ4n) is 2.21. The zero-order chi connectivity index (χ0) is 16.4. The zero-order valence-electron chi connectivity index (χ0n) is 11.3. The molecular formula is C14H14O6S2. The highest BCUT2D eigenvalue weighted by atomic mass is 32.3. The first-order chi connectivity index (χ1) is 10.2. The minimum atomic E-state index is -5.11. The van der Waals surface area contributed by atoms with Crippen LogP contribution in [0.1, 0.15) is 12.0 Å². The molecule has 8 heteroatoms. The summed E-state index contributed by atoms with van der Waals surface area (Å²) in [5.41, 5.74) is 0.474. The van der Waals surface area contributed by atoms with E-state index in [1.54, 1.807) is 30.3 Å². The molecule has 0 amide bonds. The molecule has 0 saturated heterocycles. The first-order valence-corrected chi connectivity index (χ1v) is 9.11. The third kappa shape index (κ3) is 2.91. The van der Waals surface area contributed by atoms with Crippen molar-refractivity contribution in [1.82, 2.24) is 0 Å². The summed E-state index contributed by atoms with van der Waals surface area (Å²) in [6.45, 7) is 0. The van der Waals surface area contributed by atoms with Crippen LogP contribution in [0.4, 0.5) is 0 Å². The van der Waals surface area contributed by atoms with E-state index in [0.29, 0.717) is 5.56 Å². The molecule has 0 unspecified atom stereocenters. The smallest absolute Gasteiger partial charge is 0.284 e. The summed E-state index contributed by atoms with van der Waals surface area (Å²) in [7, 11) is -10.2. The third-order valence-corrected chi connectivity index (χ3v) is 7.06. The molecule has 1 aromatic carbocycles. The van der Waals surface area contributed by atoms with E-state index < -0.39 is 30.7 Å². The summed E-state index contributed by atoms with van der Waals surface area (Å²) in [5.74, 6) is 0. The van der Waals surface area contributed by atoms with Crippen LogP contribution in [0.5, 0.6) is 0 Å². The van der Waals surface area contributed by atoms with E-state index in [0.717, 1.165) is 0 Å². The summed E-state index contributed by atoms with van der Waals surface area (Å²) in [5, 5.41) is 0. The van der Waals surface area contributed by atoms with Crippen LogP contribution in [0, 0.1) is 0 Å². The molecule has 1 aliphatic carbocycles. The summed E-state index contributed by atoms with van der Waals surface area (Å²) in [6, 6.07) is 8.78. The molecule has 2 N–H and O–H groups in total. The third-order valence-electron chi connectivity index (χ3n) is 3.33. The predicted octanol–water partition coefficient (Wildman–Crippen LogP) is 2.06.